The summed E-state index contributed by atoms with van der Waals surface area (Å²) in [6.07, 6.45) is 1.60. The van der Waals surface area contributed by atoms with E-state index in [-0.39, 0.29) is 20.1 Å². The maximum Gasteiger partial charge on any atom is 0.127 e. The van der Waals surface area contributed by atoms with Crippen molar-refractivity contribution in [2.24, 2.45) is 0 Å². The summed E-state index contributed by atoms with van der Waals surface area (Å²) in [5.41, 5.74) is 8.46. The topological polar surface area (TPSA) is 43.6 Å². The Morgan fingerprint density at radius 3 is 2.54 bits per heavy atom. The molecule has 0 N–H and O–H groups in total. The normalized spacial score (nSPS) is 10.8. The van der Waals surface area contributed by atoms with Crippen molar-refractivity contribution in [3.63, 3.8) is 0 Å². The van der Waals surface area contributed by atoms with E-state index < -0.39 is 0 Å². The monoisotopic (exact) mass is 512 g/mol. The van der Waals surface area contributed by atoms with E-state index in [0.29, 0.717) is 0 Å². The molecule has 1 radical (unpaired) electrons. The first-order valence-corrected chi connectivity index (χ1v) is 8.25. The van der Waals surface area contributed by atoms with Crippen molar-refractivity contribution in [2.75, 3.05) is 0 Å². The number of fused-ring (bicyclic) bond motifs is 1. The van der Waals surface area contributed by atoms with Crippen LogP contribution in [0.4, 0.5) is 0 Å². The molecule has 0 aliphatic carbocycles. The van der Waals surface area contributed by atoms with Gasteiger partial charge in [-0.1, -0.05) is 17.7 Å². The van der Waals surface area contributed by atoms with E-state index in [2.05, 4.69) is 60.1 Å². The van der Waals surface area contributed by atoms with Gasteiger partial charge in [-0.3, -0.25) is 14.6 Å². The van der Waals surface area contributed by atoms with Gasteiger partial charge in [0.25, 0.3) is 0 Å². The molecule has 0 unspecified atom stereocenters. The van der Waals surface area contributed by atoms with Gasteiger partial charge >= 0.3 is 0 Å². The Hall–Kier alpha value is -1.88. The zero-order valence-electron chi connectivity index (χ0n) is 13.5. The molecule has 0 atom stereocenters. The van der Waals surface area contributed by atoms with E-state index in [1.54, 1.807) is 17.7 Å². The third-order valence-corrected chi connectivity index (χ3v) is 4.69. The zero-order valence-corrected chi connectivity index (χ0v) is 16.7. The first kappa shape index (κ1) is 17.0. The van der Waals surface area contributed by atoms with Gasteiger partial charge in [-0.15, -0.1) is 35.1 Å². The molecule has 2 aromatic carbocycles. The number of aromatic nitrogens is 4. The number of hydrogen-bond donors (Lipinski definition) is 0. The number of benzene rings is 2. The smallest absolute Gasteiger partial charge is 0.127 e. The van der Waals surface area contributed by atoms with Crippen LogP contribution in [0.2, 0.25) is 0 Å². The van der Waals surface area contributed by atoms with E-state index in [9.17, 15) is 0 Å². The van der Waals surface area contributed by atoms with Gasteiger partial charge in [0, 0.05) is 20.1 Å². The molecule has 4 aromatic rings. The summed E-state index contributed by atoms with van der Waals surface area (Å²) < 4.78 is 3.04. The molecule has 4 rings (SSSR count). The van der Waals surface area contributed by atoms with Crippen LogP contribution >= 0.6 is 11.3 Å². The van der Waals surface area contributed by atoms with Crippen molar-refractivity contribution in [1.29, 1.82) is 0 Å². The molecule has 0 aliphatic rings. The van der Waals surface area contributed by atoms with Gasteiger partial charge in [-0.2, -0.15) is 5.10 Å². The summed E-state index contributed by atoms with van der Waals surface area (Å²) >= 11 is 1.62. The number of aryl methyl sites for hydroxylation is 3. The van der Waals surface area contributed by atoms with E-state index in [4.69, 9.17) is 0 Å². The summed E-state index contributed by atoms with van der Waals surface area (Å²) in [5.74, 6) is 0.801. The summed E-state index contributed by atoms with van der Waals surface area (Å²) in [6.45, 7) is 6.32. The van der Waals surface area contributed by atoms with Crippen molar-refractivity contribution >= 4 is 21.6 Å². The Kier molecular flexibility index (Phi) is 4.63. The fraction of sp³-hybridized carbons (Fsp3) is 0.167. The molecule has 2 heterocycles. The maximum absolute atomic E-state index is 4.46. The van der Waals surface area contributed by atoms with Gasteiger partial charge in [0.15, 0.2) is 0 Å². The van der Waals surface area contributed by atoms with Crippen LogP contribution in [0.5, 0.6) is 0 Å². The van der Waals surface area contributed by atoms with Crippen LogP contribution in [-0.2, 0) is 20.1 Å². The number of hydrogen-bond acceptors (Lipinski definition) is 4. The van der Waals surface area contributed by atoms with Crippen LogP contribution < -0.4 is 0 Å². The van der Waals surface area contributed by atoms with Crippen LogP contribution in [-0.4, -0.2) is 19.7 Å². The molecular formula is C18H15IrN4S-. The van der Waals surface area contributed by atoms with Gasteiger partial charge in [0.2, 0.25) is 0 Å². The molecule has 6 heteroatoms. The SMILES string of the molecule is Cc1cc(C)c(-n2ncnc2-c2[c-]cc3ncsc3c2)c(C)c1.[Ir]. The second-order valence-electron chi connectivity index (χ2n) is 5.69. The molecule has 0 spiro atoms. The number of nitrogens with zero attached hydrogens (tertiary/aromatic N) is 4. The third kappa shape index (κ3) is 2.81. The second-order valence-corrected chi connectivity index (χ2v) is 6.58. The summed E-state index contributed by atoms with van der Waals surface area (Å²) in [5, 5.41) is 4.46. The van der Waals surface area contributed by atoms with E-state index in [0.717, 1.165) is 27.3 Å². The Labute approximate surface area is 157 Å². The standard InChI is InChI=1S/C18H15N4S.Ir/c1-11-6-12(2)17(13(3)7-11)22-18(19-9-21-22)14-4-5-15-16(8-14)23-10-20-15;/h5-10H,1-3H3;/q-1;. The summed E-state index contributed by atoms with van der Waals surface area (Å²) in [6, 6.07) is 11.6. The average molecular weight is 512 g/mol. The minimum absolute atomic E-state index is 0. The van der Waals surface area contributed by atoms with Gasteiger partial charge in [-0.25, -0.2) is 0 Å². The van der Waals surface area contributed by atoms with Crippen molar-refractivity contribution in [2.45, 2.75) is 20.8 Å². The van der Waals surface area contributed by atoms with Crippen LogP contribution in [0.3, 0.4) is 0 Å². The Balaban J connectivity index is 0.00000169. The van der Waals surface area contributed by atoms with Crippen LogP contribution in [0.1, 0.15) is 16.7 Å². The van der Waals surface area contributed by atoms with Crippen molar-refractivity contribution in [3.8, 4) is 17.1 Å². The fourth-order valence-corrected chi connectivity index (χ4v) is 3.72. The summed E-state index contributed by atoms with van der Waals surface area (Å²) in [4.78, 5) is 8.77. The molecule has 0 saturated carbocycles. The predicted octanol–water partition coefficient (Wildman–Crippen LogP) is 4.27. The van der Waals surface area contributed by atoms with Crippen LogP contribution in [0.25, 0.3) is 27.3 Å². The molecule has 2 aromatic heterocycles. The van der Waals surface area contributed by atoms with Crippen molar-refractivity contribution in [3.05, 3.63) is 58.9 Å². The molecular weight excluding hydrogens is 497 g/mol. The van der Waals surface area contributed by atoms with Gasteiger partial charge in [-0.05, 0) is 42.1 Å². The zero-order chi connectivity index (χ0) is 16.0. The van der Waals surface area contributed by atoms with Gasteiger partial charge in [0.1, 0.15) is 6.33 Å². The molecule has 24 heavy (non-hydrogen) atoms. The predicted molar refractivity (Wildman–Crippen MR) is 93.0 cm³/mol. The fourth-order valence-electron chi connectivity index (χ4n) is 3.02. The molecule has 0 bridgehead atoms. The van der Waals surface area contributed by atoms with Crippen molar-refractivity contribution < 1.29 is 20.1 Å². The van der Waals surface area contributed by atoms with E-state index in [1.165, 1.54) is 16.7 Å². The molecule has 0 amide bonds. The molecule has 0 aliphatic heterocycles. The number of thiazole rings is 1. The Morgan fingerprint density at radius 1 is 1.04 bits per heavy atom. The Bertz CT molecular complexity index is 996. The average Bonchev–Trinajstić information content (AvgIpc) is 3.13. The first-order valence-electron chi connectivity index (χ1n) is 7.37. The van der Waals surface area contributed by atoms with Crippen LogP contribution in [0, 0.1) is 26.8 Å². The van der Waals surface area contributed by atoms with Crippen molar-refractivity contribution in [1.82, 2.24) is 19.7 Å². The third-order valence-electron chi connectivity index (χ3n) is 3.90. The second kappa shape index (κ2) is 6.55. The number of rotatable bonds is 2. The van der Waals surface area contributed by atoms with E-state index >= 15 is 0 Å². The minimum atomic E-state index is 0. The maximum atomic E-state index is 4.46. The van der Waals surface area contributed by atoms with Crippen LogP contribution in [0.15, 0.2) is 36.1 Å². The molecule has 0 fully saturated rings. The minimum Gasteiger partial charge on any atom is -0.293 e. The van der Waals surface area contributed by atoms with Gasteiger partial charge < -0.3 is 0 Å². The largest absolute Gasteiger partial charge is 0.293 e. The summed E-state index contributed by atoms with van der Waals surface area (Å²) in [7, 11) is 0. The van der Waals surface area contributed by atoms with Gasteiger partial charge in [0.05, 0.1) is 17.0 Å². The van der Waals surface area contributed by atoms with E-state index in [1.807, 2.05) is 16.3 Å². The first-order chi connectivity index (χ1) is 11.1. The molecule has 0 saturated heterocycles. The molecule has 4 nitrogen and oxygen atoms in total. The Morgan fingerprint density at radius 2 is 1.79 bits per heavy atom. The quantitative estimate of drug-likeness (QED) is 0.378. The molecule has 123 valence electrons.